The Balaban J connectivity index is 3.04. The van der Waals surface area contributed by atoms with Crippen LogP contribution < -0.4 is 0 Å². The number of unbranched alkanes of at least 4 members (excludes halogenated alkanes) is 9. The van der Waals surface area contributed by atoms with Gasteiger partial charge in [-0.25, -0.2) is 0 Å². The zero-order chi connectivity index (χ0) is 14.0. The van der Waals surface area contributed by atoms with Crippen molar-refractivity contribution < 1.29 is 5.11 Å². The van der Waals surface area contributed by atoms with Crippen LogP contribution in [-0.2, 0) is 0 Å². The molecule has 0 spiro atoms. The highest BCUT2D eigenvalue weighted by molar-refractivity contribution is 4.81. The van der Waals surface area contributed by atoms with E-state index in [-0.39, 0.29) is 6.61 Å². The smallest absolute Gasteiger partial charge is 0.0465 e. The van der Waals surface area contributed by atoms with E-state index in [0.717, 1.165) is 6.42 Å². The molecule has 0 heterocycles. The lowest BCUT2D eigenvalue weighted by molar-refractivity contribution is 0.302. The SMILES string of the molecule is CCCC/C=C\CCCCCCCC/C=C/CCO. The zero-order valence-electron chi connectivity index (χ0n) is 12.9. The van der Waals surface area contributed by atoms with E-state index in [9.17, 15) is 0 Å². The predicted octanol–water partition coefficient (Wildman–Crippen LogP) is 5.79. The van der Waals surface area contributed by atoms with E-state index in [2.05, 4.69) is 31.2 Å². The monoisotopic (exact) mass is 266 g/mol. The molecule has 19 heavy (non-hydrogen) atoms. The number of aliphatic hydroxyl groups is 1. The summed E-state index contributed by atoms with van der Waals surface area (Å²) in [5.41, 5.74) is 0. The second-order valence-corrected chi connectivity index (χ2v) is 5.30. The summed E-state index contributed by atoms with van der Waals surface area (Å²) >= 11 is 0. The molecule has 1 nitrogen and oxygen atoms in total. The lowest BCUT2D eigenvalue weighted by atomic mass is 10.1. The van der Waals surface area contributed by atoms with Crippen molar-refractivity contribution in [3.05, 3.63) is 24.3 Å². The number of hydrogen-bond acceptors (Lipinski definition) is 1. The molecule has 0 aromatic heterocycles. The molecule has 0 aliphatic heterocycles. The van der Waals surface area contributed by atoms with Gasteiger partial charge in [0.25, 0.3) is 0 Å². The molecule has 112 valence electrons. The Morgan fingerprint density at radius 3 is 1.47 bits per heavy atom. The van der Waals surface area contributed by atoms with E-state index in [1.54, 1.807) is 0 Å². The molecule has 0 saturated carbocycles. The zero-order valence-corrected chi connectivity index (χ0v) is 12.9. The quantitative estimate of drug-likeness (QED) is 0.311. The van der Waals surface area contributed by atoms with Gasteiger partial charge in [-0.15, -0.1) is 0 Å². The number of rotatable bonds is 14. The molecule has 0 atom stereocenters. The number of aliphatic hydroxyl groups excluding tert-OH is 1. The molecular weight excluding hydrogens is 232 g/mol. The van der Waals surface area contributed by atoms with Gasteiger partial charge in [-0.3, -0.25) is 0 Å². The fourth-order valence-corrected chi connectivity index (χ4v) is 2.10. The van der Waals surface area contributed by atoms with Crippen molar-refractivity contribution in [2.45, 2.75) is 84.0 Å². The van der Waals surface area contributed by atoms with Crippen LogP contribution in [0.5, 0.6) is 0 Å². The second kappa shape index (κ2) is 17.4. The maximum Gasteiger partial charge on any atom is 0.0465 e. The molecule has 0 amide bonds. The predicted molar refractivity (Wildman–Crippen MR) is 86.4 cm³/mol. The van der Waals surface area contributed by atoms with Crippen LogP contribution in [0.3, 0.4) is 0 Å². The summed E-state index contributed by atoms with van der Waals surface area (Å²) in [6.45, 7) is 2.53. The summed E-state index contributed by atoms with van der Waals surface area (Å²) in [7, 11) is 0. The van der Waals surface area contributed by atoms with E-state index in [4.69, 9.17) is 5.11 Å². The van der Waals surface area contributed by atoms with Gasteiger partial charge in [0.15, 0.2) is 0 Å². The first-order chi connectivity index (χ1) is 9.41. The Kier molecular flexibility index (Phi) is 16.9. The topological polar surface area (TPSA) is 20.2 Å². The highest BCUT2D eigenvalue weighted by Gasteiger charge is 1.90. The van der Waals surface area contributed by atoms with Gasteiger partial charge in [0, 0.05) is 6.61 Å². The van der Waals surface area contributed by atoms with Crippen molar-refractivity contribution >= 4 is 0 Å². The first-order valence-electron chi connectivity index (χ1n) is 8.32. The molecule has 0 rings (SSSR count). The molecule has 0 aliphatic rings. The minimum Gasteiger partial charge on any atom is -0.396 e. The standard InChI is InChI=1S/C18H34O/c1-2-3-4-5-6-7-8-9-10-11-12-13-14-15-16-17-18-19/h5-6,15-16,19H,2-4,7-14,17-18H2,1H3/b6-5-,16-15+. The maximum absolute atomic E-state index is 8.61. The summed E-state index contributed by atoms with van der Waals surface area (Å²) < 4.78 is 0. The molecule has 1 N–H and O–H groups in total. The molecule has 0 aromatic rings. The average molecular weight is 266 g/mol. The van der Waals surface area contributed by atoms with Crippen LogP contribution in [0, 0.1) is 0 Å². The van der Waals surface area contributed by atoms with Crippen LogP contribution >= 0.6 is 0 Å². The molecule has 0 radical (unpaired) electrons. The average Bonchev–Trinajstić information content (AvgIpc) is 2.43. The van der Waals surface area contributed by atoms with Crippen molar-refractivity contribution in [3.63, 3.8) is 0 Å². The van der Waals surface area contributed by atoms with Crippen molar-refractivity contribution in [1.29, 1.82) is 0 Å². The van der Waals surface area contributed by atoms with Crippen LogP contribution in [0.2, 0.25) is 0 Å². The first kappa shape index (κ1) is 18.4. The van der Waals surface area contributed by atoms with Crippen molar-refractivity contribution in [1.82, 2.24) is 0 Å². The van der Waals surface area contributed by atoms with E-state index in [1.165, 1.54) is 70.6 Å². The Hall–Kier alpha value is -0.560. The fourth-order valence-electron chi connectivity index (χ4n) is 2.10. The molecule has 0 fully saturated rings. The second-order valence-electron chi connectivity index (χ2n) is 5.30. The van der Waals surface area contributed by atoms with E-state index in [0.29, 0.717) is 0 Å². The minimum atomic E-state index is 0.281. The third-order valence-corrected chi connectivity index (χ3v) is 3.35. The van der Waals surface area contributed by atoms with E-state index < -0.39 is 0 Å². The Morgan fingerprint density at radius 1 is 0.579 bits per heavy atom. The minimum absolute atomic E-state index is 0.281. The molecule has 0 bridgehead atoms. The Bertz CT molecular complexity index is 206. The summed E-state index contributed by atoms with van der Waals surface area (Å²) in [5.74, 6) is 0. The summed E-state index contributed by atoms with van der Waals surface area (Å²) in [6, 6.07) is 0. The molecule has 0 aliphatic carbocycles. The van der Waals surface area contributed by atoms with Crippen LogP contribution in [0.15, 0.2) is 24.3 Å². The lowest BCUT2D eigenvalue weighted by Gasteiger charge is -1.99. The number of allylic oxidation sites excluding steroid dienone is 3. The van der Waals surface area contributed by atoms with Gasteiger partial charge < -0.3 is 5.11 Å². The molecule has 0 unspecified atom stereocenters. The highest BCUT2D eigenvalue weighted by atomic mass is 16.2. The van der Waals surface area contributed by atoms with E-state index in [1.807, 2.05) is 0 Å². The van der Waals surface area contributed by atoms with Gasteiger partial charge in [0.1, 0.15) is 0 Å². The molecular formula is C18H34O. The third kappa shape index (κ3) is 17.4. The fraction of sp³-hybridized carbons (Fsp3) is 0.778. The van der Waals surface area contributed by atoms with Gasteiger partial charge in [-0.05, 0) is 38.5 Å². The molecule has 0 saturated heterocycles. The Labute approximate surface area is 120 Å². The van der Waals surface area contributed by atoms with Crippen LogP contribution in [-0.4, -0.2) is 11.7 Å². The van der Waals surface area contributed by atoms with Gasteiger partial charge in [0.05, 0.1) is 0 Å². The maximum atomic E-state index is 8.61. The van der Waals surface area contributed by atoms with Crippen LogP contribution in [0.25, 0.3) is 0 Å². The van der Waals surface area contributed by atoms with Crippen molar-refractivity contribution in [3.8, 4) is 0 Å². The van der Waals surface area contributed by atoms with Crippen LogP contribution in [0.1, 0.15) is 84.0 Å². The van der Waals surface area contributed by atoms with Crippen LogP contribution in [0.4, 0.5) is 0 Å². The normalized spacial score (nSPS) is 11.9. The van der Waals surface area contributed by atoms with Gasteiger partial charge >= 0.3 is 0 Å². The molecule has 1 heteroatoms. The first-order valence-corrected chi connectivity index (χ1v) is 8.32. The largest absolute Gasteiger partial charge is 0.396 e. The number of hydrogen-bond donors (Lipinski definition) is 1. The van der Waals surface area contributed by atoms with Crippen molar-refractivity contribution in [2.75, 3.05) is 6.61 Å². The lowest BCUT2D eigenvalue weighted by Crippen LogP contribution is -1.80. The molecule has 0 aromatic carbocycles. The highest BCUT2D eigenvalue weighted by Crippen LogP contribution is 2.09. The summed E-state index contributed by atoms with van der Waals surface area (Å²) in [6.07, 6.45) is 24.4. The van der Waals surface area contributed by atoms with Gasteiger partial charge in [0.2, 0.25) is 0 Å². The van der Waals surface area contributed by atoms with Gasteiger partial charge in [-0.1, -0.05) is 69.8 Å². The summed E-state index contributed by atoms with van der Waals surface area (Å²) in [5, 5.41) is 8.61. The van der Waals surface area contributed by atoms with Gasteiger partial charge in [-0.2, -0.15) is 0 Å². The summed E-state index contributed by atoms with van der Waals surface area (Å²) in [4.78, 5) is 0. The van der Waals surface area contributed by atoms with E-state index >= 15 is 0 Å². The third-order valence-electron chi connectivity index (χ3n) is 3.35. The Morgan fingerprint density at radius 2 is 1.00 bits per heavy atom. The van der Waals surface area contributed by atoms with Crippen molar-refractivity contribution in [2.24, 2.45) is 0 Å².